The van der Waals surface area contributed by atoms with Crippen LogP contribution in [0.3, 0.4) is 0 Å². The molecule has 14 heavy (non-hydrogen) atoms. The monoisotopic (exact) mass is 201 g/mol. The number of hydrogen-bond acceptors (Lipinski definition) is 3. The molecule has 4 nitrogen and oxygen atoms in total. The normalized spacial score (nSPS) is 28.8. The van der Waals surface area contributed by atoms with Crippen LogP contribution in [-0.2, 0) is 9.53 Å². The molecule has 1 saturated heterocycles. The van der Waals surface area contributed by atoms with E-state index in [1.54, 1.807) is 0 Å². The molecule has 0 radical (unpaired) electrons. The molecule has 0 aromatic carbocycles. The first-order valence-electron chi connectivity index (χ1n) is 5.04. The maximum absolute atomic E-state index is 10.8. The van der Waals surface area contributed by atoms with Gasteiger partial charge in [-0.3, -0.25) is 4.79 Å². The van der Waals surface area contributed by atoms with E-state index < -0.39 is 5.97 Å². The van der Waals surface area contributed by atoms with Crippen LogP contribution in [0.1, 0.15) is 25.7 Å². The van der Waals surface area contributed by atoms with Crippen molar-refractivity contribution in [3.8, 4) is 0 Å². The van der Waals surface area contributed by atoms with Gasteiger partial charge in [0, 0.05) is 18.8 Å². The molecule has 1 aliphatic rings. The van der Waals surface area contributed by atoms with Crippen molar-refractivity contribution in [2.24, 2.45) is 0 Å². The summed E-state index contributed by atoms with van der Waals surface area (Å²) in [5, 5.41) is 8.90. The first-order valence-corrected chi connectivity index (χ1v) is 5.04. The molecule has 1 atom stereocenters. The highest BCUT2D eigenvalue weighted by atomic mass is 16.5. The van der Waals surface area contributed by atoms with Gasteiger partial charge in [0.15, 0.2) is 0 Å². The van der Waals surface area contributed by atoms with E-state index in [1.165, 1.54) is 0 Å². The molecule has 1 unspecified atom stereocenters. The molecule has 0 aromatic rings. The summed E-state index contributed by atoms with van der Waals surface area (Å²) in [5.74, 6) is -0.722. The molecule has 0 saturated carbocycles. The highest BCUT2D eigenvalue weighted by Crippen LogP contribution is 2.29. The van der Waals surface area contributed by atoms with Crippen molar-refractivity contribution < 1.29 is 14.6 Å². The van der Waals surface area contributed by atoms with Gasteiger partial charge < -0.3 is 14.7 Å². The van der Waals surface area contributed by atoms with Crippen LogP contribution < -0.4 is 0 Å². The Bertz CT molecular complexity index is 196. The highest BCUT2D eigenvalue weighted by molar-refractivity contribution is 5.68. The summed E-state index contributed by atoms with van der Waals surface area (Å²) < 4.78 is 5.36. The lowest BCUT2D eigenvalue weighted by molar-refractivity contribution is -0.140. The Morgan fingerprint density at radius 3 is 2.71 bits per heavy atom. The second kappa shape index (κ2) is 4.75. The van der Waals surface area contributed by atoms with Gasteiger partial charge in [0.05, 0.1) is 6.42 Å². The number of carboxylic acid groups (broad SMARTS) is 1. The summed E-state index contributed by atoms with van der Waals surface area (Å²) in [7, 11) is 3.91. The minimum Gasteiger partial charge on any atom is -0.481 e. The molecule has 1 N–H and O–H groups in total. The lowest BCUT2D eigenvalue weighted by Crippen LogP contribution is -2.46. The van der Waals surface area contributed by atoms with E-state index >= 15 is 0 Å². The largest absolute Gasteiger partial charge is 0.481 e. The molecule has 1 aliphatic heterocycles. The van der Waals surface area contributed by atoms with Crippen LogP contribution >= 0.6 is 0 Å². The molecular weight excluding hydrogens is 182 g/mol. The second-order valence-corrected chi connectivity index (χ2v) is 4.16. The molecule has 0 spiro atoms. The number of rotatable bonds is 3. The van der Waals surface area contributed by atoms with Crippen LogP contribution in [0.25, 0.3) is 0 Å². The summed E-state index contributed by atoms with van der Waals surface area (Å²) >= 11 is 0. The maximum Gasteiger partial charge on any atom is 0.305 e. The Kier molecular flexibility index (Phi) is 3.89. The second-order valence-electron chi connectivity index (χ2n) is 4.16. The fraction of sp³-hybridized carbons (Fsp3) is 0.900. The third-order valence-electron chi connectivity index (χ3n) is 3.07. The van der Waals surface area contributed by atoms with Crippen molar-refractivity contribution in [1.29, 1.82) is 0 Å². The Labute approximate surface area is 84.8 Å². The number of carboxylic acids is 1. The van der Waals surface area contributed by atoms with Crippen LogP contribution in [-0.4, -0.2) is 48.8 Å². The molecular formula is C10H19NO3. The quantitative estimate of drug-likeness (QED) is 0.739. The Balaban J connectivity index is 2.72. The summed E-state index contributed by atoms with van der Waals surface area (Å²) in [4.78, 5) is 12.9. The number of nitrogens with zero attached hydrogens (tertiary/aromatic N) is 1. The molecule has 0 aromatic heterocycles. The van der Waals surface area contributed by atoms with E-state index in [-0.39, 0.29) is 12.0 Å². The molecule has 0 bridgehead atoms. The average Bonchev–Trinajstić information content (AvgIpc) is 2.29. The lowest BCUT2D eigenvalue weighted by Gasteiger charge is -2.37. The van der Waals surface area contributed by atoms with Crippen LogP contribution in [0.2, 0.25) is 0 Å². The molecule has 4 heteroatoms. The van der Waals surface area contributed by atoms with Crippen molar-refractivity contribution in [2.45, 2.75) is 31.2 Å². The maximum atomic E-state index is 10.8. The van der Waals surface area contributed by atoms with Gasteiger partial charge in [-0.05, 0) is 33.4 Å². The topological polar surface area (TPSA) is 49.8 Å². The Morgan fingerprint density at radius 2 is 2.14 bits per heavy atom. The van der Waals surface area contributed by atoms with E-state index in [0.29, 0.717) is 6.61 Å². The molecule has 1 heterocycles. The zero-order valence-corrected chi connectivity index (χ0v) is 8.95. The van der Waals surface area contributed by atoms with Gasteiger partial charge in [-0.2, -0.15) is 0 Å². The number of hydrogen-bond donors (Lipinski definition) is 1. The van der Waals surface area contributed by atoms with Gasteiger partial charge >= 0.3 is 5.97 Å². The van der Waals surface area contributed by atoms with Crippen molar-refractivity contribution in [3.05, 3.63) is 0 Å². The van der Waals surface area contributed by atoms with Gasteiger partial charge in [0.25, 0.3) is 0 Å². The number of aliphatic carboxylic acids is 1. The fourth-order valence-corrected chi connectivity index (χ4v) is 2.06. The SMILES string of the molecule is CN(C)C1(CC(=O)O)CCCOCC1. The van der Waals surface area contributed by atoms with E-state index in [9.17, 15) is 4.79 Å². The first-order chi connectivity index (χ1) is 6.57. The average molecular weight is 201 g/mol. The highest BCUT2D eigenvalue weighted by Gasteiger charge is 2.35. The van der Waals surface area contributed by atoms with E-state index in [0.717, 1.165) is 25.9 Å². The zero-order chi connectivity index (χ0) is 10.6. The van der Waals surface area contributed by atoms with E-state index in [4.69, 9.17) is 9.84 Å². The van der Waals surface area contributed by atoms with Crippen molar-refractivity contribution >= 4 is 5.97 Å². The van der Waals surface area contributed by atoms with Gasteiger partial charge in [-0.15, -0.1) is 0 Å². The van der Waals surface area contributed by atoms with E-state index in [1.807, 2.05) is 19.0 Å². The zero-order valence-electron chi connectivity index (χ0n) is 8.95. The molecule has 82 valence electrons. The van der Waals surface area contributed by atoms with Crippen molar-refractivity contribution in [2.75, 3.05) is 27.3 Å². The van der Waals surface area contributed by atoms with Crippen LogP contribution in [0.5, 0.6) is 0 Å². The number of carbonyl (C=O) groups is 1. The smallest absolute Gasteiger partial charge is 0.305 e. The predicted octanol–water partition coefficient (Wildman–Crippen LogP) is 0.962. The summed E-state index contributed by atoms with van der Waals surface area (Å²) in [5.41, 5.74) is -0.206. The fourth-order valence-electron chi connectivity index (χ4n) is 2.06. The summed E-state index contributed by atoms with van der Waals surface area (Å²) in [6, 6.07) is 0. The first kappa shape index (κ1) is 11.5. The van der Waals surface area contributed by atoms with Crippen LogP contribution in [0.15, 0.2) is 0 Å². The molecule has 0 aliphatic carbocycles. The predicted molar refractivity (Wildman–Crippen MR) is 53.3 cm³/mol. The third-order valence-corrected chi connectivity index (χ3v) is 3.07. The molecule has 1 rings (SSSR count). The van der Waals surface area contributed by atoms with Gasteiger partial charge in [0.2, 0.25) is 0 Å². The minimum atomic E-state index is -0.722. The van der Waals surface area contributed by atoms with Gasteiger partial charge in [0.1, 0.15) is 0 Å². The van der Waals surface area contributed by atoms with Crippen molar-refractivity contribution in [1.82, 2.24) is 4.90 Å². The lowest BCUT2D eigenvalue weighted by atomic mass is 9.86. The van der Waals surface area contributed by atoms with Gasteiger partial charge in [-0.25, -0.2) is 0 Å². The van der Waals surface area contributed by atoms with Crippen molar-refractivity contribution in [3.63, 3.8) is 0 Å². The Morgan fingerprint density at radius 1 is 1.43 bits per heavy atom. The number of ether oxygens (including phenoxy) is 1. The molecule has 0 amide bonds. The summed E-state index contributed by atoms with van der Waals surface area (Å²) in [6.07, 6.45) is 2.88. The minimum absolute atomic E-state index is 0.206. The van der Waals surface area contributed by atoms with Crippen LogP contribution in [0.4, 0.5) is 0 Å². The third kappa shape index (κ3) is 2.69. The Hall–Kier alpha value is -0.610. The van der Waals surface area contributed by atoms with E-state index in [2.05, 4.69) is 0 Å². The van der Waals surface area contributed by atoms with Crippen LogP contribution in [0, 0.1) is 0 Å². The standard InChI is InChI=1S/C10H19NO3/c1-11(2)10(8-9(12)13)4-3-6-14-7-5-10/h3-8H2,1-2H3,(H,12,13). The van der Waals surface area contributed by atoms with Gasteiger partial charge in [-0.1, -0.05) is 0 Å². The molecule has 1 fully saturated rings. The summed E-state index contributed by atoms with van der Waals surface area (Å²) in [6.45, 7) is 1.43.